The number of aromatic amines is 1. The molecule has 0 amide bonds. The third kappa shape index (κ3) is 1.89. The van der Waals surface area contributed by atoms with Gasteiger partial charge in [-0.1, -0.05) is 0 Å². The topological polar surface area (TPSA) is 47.1 Å². The summed E-state index contributed by atoms with van der Waals surface area (Å²) in [5, 5.41) is 2.06. The monoisotopic (exact) mass is 256 g/mol. The molecule has 0 saturated carbocycles. The van der Waals surface area contributed by atoms with Gasteiger partial charge in [-0.3, -0.25) is 0 Å². The first kappa shape index (κ1) is 11.8. The zero-order valence-corrected chi connectivity index (χ0v) is 11.2. The molecule has 0 atom stereocenters. The van der Waals surface area contributed by atoms with Crippen LogP contribution in [0.2, 0.25) is 0 Å². The average Bonchev–Trinajstić information content (AvgIpc) is 2.79. The Bertz CT molecular complexity index is 731. The summed E-state index contributed by atoms with van der Waals surface area (Å²) in [7, 11) is 1.67. The highest BCUT2D eigenvalue weighted by molar-refractivity contribution is 6.11. The van der Waals surface area contributed by atoms with E-state index in [4.69, 9.17) is 9.47 Å². The van der Waals surface area contributed by atoms with E-state index in [9.17, 15) is 0 Å². The van der Waals surface area contributed by atoms with Crippen LogP contribution in [0.1, 0.15) is 13.8 Å². The van der Waals surface area contributed by atoms with Crippen molar-refractivity contribution in [2.24, 2.45) is 0 Å². The predicted molar refractivity (Wildman–Crippen MR) is 75.9 cm³/mol. The van der Waals surface area contributed by atoms with Crippen LogP contribution in [0.25, 0.3) is 21.9 Å². The number of nitrogens with one attached hydrogen (secondary N) is 1. The lowest BCUT2D eigenvalue weighted by molar-refractivity contribution is 0.245. The van der Waals surface area contributed by atoms with Crippen LogP contribution in [0.3, 0.4) is 0 Å². The van der Waals surface area contributed by atoms with Gasteiger partial charge in [0.05, 0.1) is 24.1 Å². The highest BCUT2D eigenvalue weighted by Crippen LogP contribution is 2.37. The normalized spacial score (nSPS) is 11.4. The molecule has 98 valence electrons. The second kappa shape index (κ2) is 4.46. The van der Waals surface area contributed by atoms with Gasteiger partial charge >= 0.3 is 0 Å². The number of hydrogen-bond acceptors (Lipinski definition) is 3. The molecule has 0 fully saturated rings. The van der Waals surface area contributed by atoms with E-state index < -0.39 is 0 Å². The van der Waals surface area contributed by atoms with Gasteiger partial charge in [-0.05, 0) is 38.1 Å². The number of hydrogen-bond donors (Lipinski definition) is 1. The fraction of sp³-hybridized carbons (Fsp3) is 0.267. The van der Waals surface area contributed by atoms with E-state index in [0.29, 0.717) is 0 Å². The zero-order chi connectivity index (χ0) is 13.4. The van der Waals surface area contributed by atoms with E-state index in [2.05, 4.69) is 9.97 Å². The van der Waals surface area contributed by atoms with E-state index >= 15 is 0 Å². The maximum Gasteiger partial charge on any atom is 0.144 e. The number of methoxy groups -OCH3 is 1. The van der Waals surface area contributed by atoms with Crippen molar-refractivity contribution in [3.8, 4) is 11.5 Å². The fourth-order valence-electron chi connectivity index (χ4n) is 2.30. The maximum atomic E-state index is 5.84. The van der Waals surface area contributed by atoms with Crippen LogP contribution in [-0.2, 0) is 0 Å². The highest BCUT2D eigenvalue weighted by atomic mass is 16.5. The van der Waals surface area contributed by atoms with Gasteiger partial charge in [-0.15, -0.1) is 0 Å². The number of fused-ring (bicyclic) bond motifs is 3. The van der Waals surface area contributed by atoms with Crippen molar-refractivity contribution in [2.75, 3.05) is 7.11 Å². The Morgan fingerprint density at radius 2 is 1.95 bits per heavy atom. The molecule has 1 aromatic carbocycles. The minimum absolute atomic E-state index is 0.121. The predicted octanol–water partition coefficient (Wildman–Crippen LogP) is 3.51. The molecule has 4 nitrogen and oxygen atoms in total. The minimum atomic E-state index is 0.121. The highest BCUT2D eigenvalue weighted by Gasteiger charge is 2.14. The number of ether oxygens (including phenoxy) is 2. The van der Waals surface area contributed by atoms with Gasteiger partial charge in [-0.2, -0.15) is 0 Å². The van der Waals surface area contributed by atoms with Crippen LogP contribution in [0.5, 0.6) is 11.5 Å². The summed E-state index contributed by atoms with van der Waals surface area (Å²) in [5.74, 6) is 1.65. The van der Waals surface area contributed by atoms with Crippen LogP contribution < -0.4 is 9.47 Å². The number of pyridine rings is 1. The van der Waals surface area contributed by atoms with Crippen molar-refractivity contribution in [3.05, 3.63) is 30.5 Å². The first-order valence-corrected chi connectivity index (χ1v) is 6.30. The second-order valence-electron chi connectivity index (χ2n) is 4.71. The molecule has 1 N–H and O–H groups in total. The quantitative estimate of drug-likeness (QED) is 0.780. The van der Waals surface area contributed by atoms with E-state index in [1.807, 2.05) is 38.1 Å². The Balaban J connectivity index is 2.37. The lowest BCUT2D eigenvalue weighted by atomic mass is 10.1. The van der Waals surface area contributed by atoms with Crippen LogP contribution in [-0.4, -0.2) is 23.2 Å². The summed E-state index contributed by atoms with van der Waals surface area (Å²) >= 11 is 0. The first-order valence-electron chi connectivity index (χ1n) is 6.30. The molecular formula is C15H16N2O2. The van der Waals surface area contributed by atoms with Crippen molar-refractivity contribution in [1.29, 1.82) is 0 Å². The van der Waals surface area contributed by atoms with Gasteiger partial charge in [0.25, 0.3) is 0 Å². The Labute approximate surface area is 111 Å². The average molecular weight is 256 g/mol. The van der Waals surface area contributed by atoms with E-state index in [1.54, 1.807) is 13.3 Å². The molecular weight excluding hydrogens is 240 g/mol. The Morgan fingerprint density at radius 3 is 2.68 bits per heavy atom. The van der Waals surface area contributed by atoms with Crippen molar-refractivity contribution in [1.82, 2.24) is 9.97 Å². The smallest absolute Gasteiger partial charge is 0.144 e. The van der Waals surface area contributed by atoms with Gasteiger partial charge in [0, 0.05) is 11.6 Å². The molecule has 0 bridgehead atoms. The Kier molecular flexibility index (Phi) is 2.78. The molecule has 0 aliphatic carbocycles. The number of aromatic nitrogens is 2. The van der Waals surface area contributed by atoms with Crippen molar-refractivity contribution in [3.63, 3.8) is 0 Å². The van der Waals surface area contributed by atoms with Gasteiger partial charge < -0.3 is 14.5 Å². The summed E-state index contributed by atoms with van der Waals surface area (Å²) in [4.78, 5) is 7.66. The molecule has 0 aliphatic rings. The minimum Gasteiger partial charge on any atom is -0.496 e. The molecule has 19 heavy (non-hydrogen) atoms. The Hall–Kier alpha value is -2.23. The number of rotatable bonds is 3. The van der Waals surface area contributed by atoms with Crippen LogP contribution >= 0.6 is 0 Å². The van der Waals surface area contributed by atoms with Crippen LogP contribution in [0, 0.1) is 0 Å². The summed E-state index contributed by atoms with van der Waals surface area (Å²) in [6.45, 7) is 4.02. The lowest BCUT2D eigenvalue weighted by Gasteiger charge is -2.12. The van der Waals surface area contributed by atoms with Crippen molar-refractivity contribution < 1.29 is 9.47 Å². The lowest BCUT2D eigenvalue weighted by Crippen LogP contribution is -2.05. The molecule has 3 rings (SSSR count). The molecule has 4 heteroatoms. The van der Waals surface area contributed by atoms with Gasteiger partial charge in [0.15, 0.2) is 0 Å². The molecule has 0 aliphatic heterocycles. The van der Waals surface area contributed by atoms with E-state index in [-0.39, 0.29) is 6.10 Å². The van der Waals surface area contributed by atoms with E-state index in [1.165, 1.54) is 0 Å². The third-order valence-corrected chi connectivity index (χ3v) is 3.03. The zero-order valence-electron chi connectivity index (χ0n) is 11.2. The summed E-state index contributed by atoms with van der Waals surface area (Å²) in [5.41, 5.74) is 1.78. The molecule has 0 saturated heterocycles. The van der Waals surface area contributed by atoms with Crippen molar-refractivity contribution in [2.45, 2.75) is 20.0 Å². The molecule has 0 unspecified atom stereocenters. The third-order valence-electron chi connectivity index (χ3n) is 3.03. The van der Waals surface area contributed by atoms with E-state index in [0.717, 1.165) is 33.4 Å². The fourth-order valence-corrected chi connectivity index (χ4v) is 2.30. The summed E-state index contributed by atoms with van der Waals surface area (Å²) < 4.78 is 11.3. The van der Waals surface area contributed by atoms with Gasteiger partial charge in [-0.25, -0.2) is 4.98 Å². The number of benzene rings is 1. The largest absolute Gasteiger partial charge is 0.496 e. The molecule has 2 heterocycles. The van der Waals surface area contributed by atoms with Crippen LogP contribution in [0.4, 0.5) is 0 Å². The molecule has 3 aromatic rings. The second-order valence-corrected chi connectivity index (χ2v) is 4.71. The van der Waals surface area contributed by atoms with Crippen LogP contribution in [0.15, 0.2) is 30.5 Å². The molecule has 2 aromatic heterocycles. The SMILES string of the molecule is COc1ccc(OC(C)C)c2[nH]c3ncccc3c12. The first-order chi connectivity index (χ1) is 9.20. The summed E-state index contributed by atoms with van der Waals surface area (Å²) in [6.07, 6.45) is 1.89. The maximum absolute atomic E-state index is 5.84. The van der Waals surface area contributed by atoms with Gasteiger partial charge in [0.2, 0.25) is 0 Å². The molecule has 0 spiro atoms. The number of nitrogens with zero attached hydrogens (tertiary/aromatic N) is 1. The number of H-pyrrole nitrogens is 1. The Morgan fingerprint density at radius 1 is 1.16 bits per heavy atom. The molecule has 0 radical (unpaired) electrons. The summed E-state index contributed by atoms with van der Waals surface area (Å²) in [6, 6.07) is 7.81. The van der Waals surface area contributed by atoms with Crippen molar-refractivity contribution >= 4 is 21.9 Å². The standard InChI is InChI=1S/C15H16N2O2/c1-9(2)19-12-7-6-11(18-3)13-10-5-4-8-16-15(10)17-14(12)13/h4-9H,1-3H3,(H,16,17). The van der Waals surface area contributed by atoms with Gasteiger partial charge in [0.1, 0.15) is 17.1 Å².